The summed E-state index contributed by atoms with van der Waals surface area (Å²) in [4.78, 5) is 11.6. The lowest BCUT2D eigenvalue weighted by Gasteiger charge is -2.23. The maximum Gasteiger partial charge on any atom is 0.309 e. The Hall–Kier alpha value is -2.31. The van der Waals surface area contributed by atoms with E-state index in [2.05, 4.69) is 69.6 Å². The summed E-state index contributed by atoms with van der Waals surface area (Å²) in [6.45, 7) is 1.30. The molecule has 0 rings (SSSR count). The third kappa shape index (κ3) is 21.6. The molecule has 0 aliphatic carbocycles. The van der Waals surface area contributed by atoms with Crippen LogP contribution in [-0.4, -0.2) is 44.7 Å². The number of terminal acetylenes is 1. The number of rotatable bonds is 14. The number of nitrogens with zero attached hydrogens (tertiary/aromatic N) is 1. The summed E-state index contributed by atoms with van der Waals surface area (Å²) in [5, 5.41) is 0. The van der Waals surface area contributed by atoms with E-state index >= 15 is 0 Å². The molecule has 0 aromatic heterocycles. The summed E-state index contributed by atoms with van der Waals surface area (Å²) in [6, 6.07) is 0. The quantitative estimate of drug-likeness (QED) is 0.186. The highest BCUT2D eigenvalue weighted by atomic mass is 16.5. The molecule has 0 saturated heterocycles. The summed E-state index contributed by atoms with van der Waals surface area (Å²) < 4.78 is 5.99. The molecule has 0 amide bonds. The van der Waals surface area contributed by atoms with Gasteiger partial charge in [-0.1, -0.05) is 60.8 Å². The minimum atomic E-state index is -0.161. The predicted octanol–water partition coefficient (Wildman–Crippen LogP) is 4.99. The first-order valence-electron chi connectivity index (χ1n) is 9.60. The molecule has 0 aliphatic rings. The fraction of sp³-hybridized carbons (Fsp3) is 0.458. The van der Waals surface area contributed by atoms with Gasteiger partial charge < -0.3 is 9.22 Å². The zero-order valence-corrected chi connectivity index (χ0v) is 17.3. The number of carbonyl (C=O) groups is 1. The van der Waals surface area contributed by atoms with E-state index in [0.717, 1.165) is 36.7 Å². The van der Waals surface area contributed by atoms with E-state index < -0.39 is 0 Å². The minimum absolute atomic E-state index is 0.161. The van der Waals surface area contributed by atoms with Crippen LogP contribution in [0.3, 0.4) is 0 Å². The second-order valence-electron chi connectivity index (χ2n) is 7.15. The number of ether oxygens (including phenoxy) is 1. The standard InChI is InChI=1S/C24H36NO2/c1-5-6-7-8-9-10-11-12-13-14-15-16-17-18-19-20-21-24(26)27-23-22-25(2,3)4/h1,7-8,10-11,13-14,16-17,19-20H,6,9,12,15,18,21-23H2,2-4H3/q+1/b8-7-,11-10-,14-13-,17-16-,20-19-. The van der Waals surface area contributed by atoms with Crippen LogP contribution in [0.4, 0.5) is 0 Å². The highest BCUT2D eigenvalue weighted by Crippen LogP contribution is 1.97. The normalized spacial score (nSPS) is 12.8. The van der Waals surface area contributed by atoms with Gasteiger partial charge in [0.15, 0.2) is 0 Å². The first kappa shape index (κ1) is 24.7. The average molecular weight is 371 g/mol. The Labute approximate surface area is 166 Å². The van der Waals surface area contributed by atoms with Crippen molar-refractivity contribution in [2.24, 2.45) is 0 Å². The summed E-state index contributed by atoms with van der Waals surface area (Å²) >= 11 is 0. The van der Waals surface area contributed by atoms with E-state index in [9.17, 15) is 4.79 Å². The molecule has 0 spiro atoms. The lowest BCUT2D eigenvalue weighted by Crippen LogP contribution is -2.37. The van der Waals surface area contributed by atoms with Gasteiger partial charge in [-0.3, -0.25) is 4.79 Å². The molecule has 0 atom stereocenters. The van der Waals surface area contributed by atoms with Gasteiger partial charge in [0.1, 0.15) is 13.2 Å². The van der Waals surface area contributed by atoms with Gasteiger partial charge in [-0.2, -0.15) is 0 Å². The topological polar surface area (TPSA) is 26.3 Å². The molecule has 0 heterocycles. The van der Waals surface area contributed by atoms with Gasteiger partial charge in [0.2, 0.25) is 0 Å². The number of esters is 1. The summed E-state index contributed by atoms with van der Waals surface area (Å²) in [5.41, 5.74) is 0. The molecule has 0 aromatic rings. The summed E-state index contributed by atoms with van der Waals surface area (Å²) in [5.74, 6) is 2.42. The Morgan fingerprint density at radius 1 is 0.815 bits per heavy atom. The number of likely N-dealkylation sites (N-methyl/N-ethyl adjacent to an activating group) is 1. The van der Waals surface area contributed by atoms with E-state index in [1.165, 1.54) is 0 Å². The summed E-state index contributed by atoms with van der Waals surface area (Å²) in [6.07, 6.45) is 30.7. The van der Waals surface area contributed by atoms with Gasteiger partial charge in [-0.05, 0) is 25.7 Å². The first-order chi connectivity index (χ1) is 13.0. The molecular formula is C24H36NO2+. The lowest BCUT2D eigenvalue weighted by molar-refractivity contribution is -0.870. The van der Waals surface area contributed by atoms with Gasteiger partial charge in [0.05, 0.1) is 27.6 Å². The number of hydrogen-bond donors (Lipinski definition) is 0. The van der Waals surface area contributed by atoms with Crippen LogP contribution in [0.2, 0.25) is 0 Å². The van der Waals surface area contributed by atoms with Crippen molar-refractivity contribution >= 4 is 5.97 Å². The second-order valence-corrected chi connectivity index (χ2v) is 7.15. The van der Waals surface area contributed by atoms with E-state index in [-0.39, 0.29) is 5.97 Å². The number of quaternary nitrogens is 1. The molecule has 3 heteroatoms. The average Bonchev–Trinajstić information content (AvgIpc) is 2.60. The van der Waals surface area contributed by atoms with Gasteiger partial charge in [0.25, 0.3) is 0 Å². The van der Waals surface area contributed by atoms with Crippen LogP contribution in [0.15, 0.2) is 60.8 Å². The SMILES string of the molecule is C#CC/C=C\C/C=C\C/C=C\C/C=C\C/C=C\CC(=O)OCC[N+](C)(C)C. The van der Waals surface area contributed by atoms with Crippen molar-refractivity contribution in [2.45, 2.75) is 38.5 Å². The maximum atomic E-state index is 11.6. The predicted molar refractivity (Wildman–Crippen MR) is 116 cm³/mol. The fourth-order valence-corrected chi connectivity index (χ4v) is 1.91. The van der Waals surface area contributed by atoms with Crippen molar-refractivity contribution in [2.75, 3.05) is 34.3 Å². The highest BCUT2D eigenvalue weighted by molar-refractivity contribution is 5.71. The van der Waals surface area contributed by atoms with Crippen LogP contribution in [0.5, 0.6) is 0 Å². The zero-order chi connectivity index (χ0) is 20.2. The molecule has 0 radical (unpaired) electrons. The Morgan fingerprint density at radius 2 is 1.26 bits per heavy atom. The number of hydrogen-bond acceptors (Lipinski definition) is 2. The van der Waals surface area contributed by atoms with E-state index in [0.29, 0.717) is 19.4 Å². The Bertz CT molecular complexity index is 566. The maximum absolute atomic E-state index is 11.6. The molecule has 0 fully saturated rings. The molecule has 27 heavy (non-hydrogen) atoms. The fourth-order valence-electron chi connectivity index (χ4n) is 1.91. The third-order valence-electron chi connectivity index (χ3n) is 3.47. The second kappa shape index (κ2) is 17.1. The Morgan fingerprint density at radius 3 is 1.70 bits per heavy atom. The van der Waals surface area contributed by atoms with Crippen molar-refractivity contribution in [1.82, 2.24) is 0 Å². The number of allylic oxidation sites excluding steroid dienone is 9. The first-order valence-corrected chi connectivity index (χ1v) is 9.60. The van der Waals surface area contributed by atoms with Crippen LogP contribution in [0, 0.1) is 12.3 Å². The summed E-state index contributed by atoms with van der Waals surface area (Å²) in [7, 11) is 6.23. The molecule has 148 valence electrons. The van der Waals surface area contributed by atoms with Crippen molar-refractivity contribution in [1.29, 1.82) is 0 Å². The molecule has 0 saturated carbocycles. The van der Waals surface area contributed by atoms with Crippen LogP contribution in [0.1, 0.15) is 38.5 Å². The molecule has 0 N–H and O–H groups in total. The van der Waals surface area contributed by atoms with Crippen LogP contribution in [-0.2, 0) is 9.53 Å². The Kier molecular flexibility index (Phi) is 15.7. The van der Waals surface area contributed by atoms with Gasteiger partial charge >= 0.3 is 5.97 Å². The minimum Gasteiger partial charge on any atom is -0.459 e. The molecule has 0 aromatic carbocycles. The largest absolute Gasteiger partial charge is 0.459 e. The van der Waals surface area contributed by atoms with Gasteiger partial charge in [-0.15, -0.1) is 12.3 Å². The van der Waals surface area contributed by atoms with E-state index in [1.54, 1.807) is 0 Å². The van der Waals surface area contributed by atoms with Gasteiger partial charge in [0, 0.05) is 6.42 Å². The van der Waals surface area contributed by atoms with Gasteiger partial charge in [-0.25, -0.2) is 0 Å². The van der Waals surface area contributed by atoms with Crippen molar-refractivity contribution < 1.29 is 14.0 Å². The van der Waals surface area contributed by atoms with Crippen LogP contribution in [0.25, 0.3) is 0 Å². The van der Waals surface area contributed by atoms with Crippen molar-refractivity contribution in [3.8, 4) is 12.3 Å². The Balaban J connectivity index is 3.63. The molecule has 0 bridgehead atoms. The lowest BCUT2D eigenvalue weighted by atomic mass is 10.2. The van der Waals surface area contributed by atoms with E-state index in [1.807, 2.05) is 18.2 Å². The molecule has 3 nitrogen and oxygen atoms in total. The van der Waals surface area contributed by atoms with E-state index in [4.69, 9.17) is 11.2 Å². The van der Waals surface area contributed by atoms with Crippen LogP contribution >= 0.6 is 0 Å². The monoisotopic (exact) mass is 370 g/mol. The van der Waals surface area contributed by atoms with Crippen molar-refractivity contribution in [3.63, 3.8) is 0 Å². The molecule has 0 aliphatic heterocycles. The molecule has 0 unspecified atom stereocenters. The zero-order valence-electron chi connectivity index (χ0n) is 17.3. The van der Waals surface area contributed by atoms with Crippen molar-refractivity contribution in [3.05, 3.63) is 60.8 Å². The molecular weight excluding hydrogens is 334 g/mol. The number of carbonyl (C=O) groups excluding carboxylic acids is 1. The smallest absolute Gasteiger partial charge is 0.309 e. The van der Waals surface area contributed by atoms with Crippen LogP contribution < -0.4 is 0 Å². The third-order valence-corrected chi connectivity index (χ3v) is 3.47. The highest BCUT2D eigenvalue weighted by Gasteiger charge is 2.08.